The molecule has 1 aromatic heterocycles. The number of hydrogen-bond acceptors (Lipinski definition) is 2. The second kappa shape index (κ2) is 5.60. The highest BCUT2D eigenvalue weighted by Crippen LogP contribution is 2.27. The number of benzene rings is 1. The summed E-state index contributed by atoms with van der Waals surface area (Å²) in [4.78, 5) is 12.5. The van der Waals surface area contributed by atoms with E-state index >= 15 is 0 Å². The Morgan fingerprint density at radius 3 is 2.33 bits per heavy atom. The zero-order valence-corrected chi connectivity index (χ0v) is 13.7. The number of rotatable bonds is 3. The van der Waals surface area contributed by atoms with E-state index in [1.165, 1.54) is 0 Å². The van der Waals surface area contributed by atoms with Gasteiger partial charge < -0.3 is 5.73 Å². The summed E-state index contributed by atoms with van der Waals surface area (Å²) in [6.07, 6.45) is 0. The van der Waals surface area contributed by atoms with Crippen molar-refractivity contribution in [3.63, 3.8) is 0 Å². The SMILES string of the molecule is CCn1c(C(C)(C)C)c(N)c(=O)n1Cc1ccccc1Cl. The Kier molecular flexibility index (Phi) is 4.19. The molecule has 0 fully saturated rings. The molecule has 21 heavy (non-hydrogen) atoms. The molecule has 0 atom stereocenters. The molecule has 0 aliphatic rings. The Hall–Kier alpha value is -1.68. The van der Waals surface area contributed by atoms with Crippen LogP contribution in [0.2, 0.25) is 5.02 Å². The average molecular weight is 308 g/mol. The summed E-state index contributed by atoms with van der Waals surface area (Å²) in [7, 11) is 0. The van der Waals surface area contributed by atoms with Crippen LogP contribution < -0.4 is 11.3 Å². The summed E-state index contributed by atoms with van der Waals surface area (Å²) >= 11 is 6.20. The van der Waals surface area contributed by atoms with Crippen LogP contribution in [0.25, 0.3) is 0 Å². The second-order valence-corrected chi connectivity index (χ2v) is 6.59. The first-order chi connectivity index (χ1) is 9.77. The van der Waals surface area contributed by atoms with E-state index in [1.807, 2.05) is 35.9 Å². The molecule has 0 saturated carbocycles. The van der Waals surface area contributed by atoms with Gasteiger partial charge in [0.15, 0.2) is 0 Å². The number of hydrogen-bond donors (Lipinski definition) is 1. The quantitative estimate of drug-likeness (QED) is 0.946. The number of nitrogens with two attached hydrogens (primary N) is 1. The van der Waals surface area contributed by atoms with Crippen molar-refractivity contribution in [2.75, 3.05) is 5.73 Å². The lowest BCUT2D eigenvalue weighted by molar-refractivity contribution is 0.428. The summed E-state index contributed by atoms with van der Waals surface area (Å²) in [6, 6.07) is 7.55. The maximum atomic E-state index is 12.5. The molecule has 4 nitrogen and oxygen atoms in total. The molecular formula is C16H22ClN3O. The monoisotopic (exact) mass is 307 g/mol. The molecule has 1 aromatic carbocycles. The van der Waals surface area contributed by atoms with Gasteiger partial charge in [-0.2, -0.15) is 0 Å². The van der Waals surface area contributed by atoms with Gasteiger partial charge in [-0.1, -0.05) is 50.6 Å². The molecule has 0 aliphatic carbocycles. The highest BCUT2D eigenvalue weighted by Gasteiger charge is 2.26. The molecule has 0 saturated heterocycles. The summed E-state index contributed by atoms with van der Waals surface area (Å²) in [6.45, 7) is 9.30. The van der Waals surface area contributed by atoms with Crippen LogP contribution in [0.4, 0.5) is 5.69 Å². The molecule has 0 aliphatic heterocycles. The fourth-order valence-corrected chi connectivity index (χ4v) is 2.87. The Bertz CT molecular complexity index is 707. The van der Waals surface area contributed by atoms with Crippen LogP contribution in [0.5, 0.6) is 0 Å². The molecular weight excluding hydrogens is 286 g/mol. The number of anilines is 1. The highest BCUT2D eigenvalue weighted by atomic mass is 35.5. The third kappa shape index (κ3) is 2.86. The zero-order valence-electron chi connectivity index (χ0n) is 13.0. The first-order valence-corrected chi connectivity index (χ1v) is 7.48. The number of nitrogen functional groups attached to an aromatic ring is 1. The van der Waals surface area contributed by atoms with E-state index in [4.69, 9.17) is 17.3 Å². The van der Waals surface area contributed by atoms with E-state index < -0.39 is 0 Å². The lowest BCUT2D eigenvalue weighted by Gasteiger charge is -2.23. The largest absolute Gasteiger partial charge is 0.393 e. The molecule has 0 radical (unpaired) electrons. The van der Waals surface area contributed by atoms with Crippen LogP contribution >= 0.6 is 11.6 Å². The number of aromatic nitrogens is 2. The maximum absolute atomic E-state index is 12.5. The van der Waals surface area contributed by atoms with Crippen molar-refractivity contribution in [2.45, 2.75) is 46.2 Å². The molecule has 0 bridgehead atoms. The Balaban J connectivity index is 2.60. The van der Waals surface area contributed by atoms with Gasteiger partial charge in [0.2, 0.25) is 0 Å². The molecule has 114 valence electrons. The molecule has 0 spiro atoms. The lowest BCUT2D eigenvalue weighted by atomic mass is 9.91. The summed E-state index contributed by atoms with van der Waals surface area (Å²) in [5.41, 5.74) is 7.85. The van der Waals surface area contributed by atoms with E-state index in [-0.39, 0.29) is 11.0 Å². The standard InChI is InChI=1S/C16H22ClN3O/c1-5-19-14(16(2,3)4)13(18)15(21)20(19)10-11-8-6-7-9-12(11)17/h6-9H,5,10,18H2,1-4H3. The third-order valence-electron chi connectivity index (χ3n) is 3.56. The van der Waals surface area contributed by atoms with Crippen LogP contribution in [-0.4, -0.2) is 9.36 Å². The fraction of sp³-hybridized carbons (Fsp3) is 0.438. The fourth-order valence-electron chi connectivity index (χ4n) is 2.67. The van der Waals surface area contributed by atoms with Crippen LogP contribution in [0.1, 0.15) is 39.0 Å². The smallest absolute Gasteiger partial charge is 0.290 e. The van der Waals surface area contributed by atoms with E-state index in [0.717, 1.165) is 11.3 Å². The minimum absolute atomic E-state index is 0.151. The Morgan fingerprint density at radius 2 is 1.81 bits per heavy atom. The highest BCUT2D eigenvalue weighted by molar-refractivity contribution is 6.31. The van der Waals surface area contributed by atoms with Crippen LogP contribution in [-0.2, 0) is 18.5 Å². The van der Waals surface area contributed by atoms with Gasteiger partial charge in [0, 0.05) is 17.0 Å². The minimum Gasteiger partial charge on any atom is -0.393 e. The third-order valence-corrected chi connectivity index (χ3v) is 3.93. The van der Waals surface area contributed by atoms with Crippen molar-refractivity contribution >= 4 is 17.3 Å². The van der Waals surface area contributed by atoms with Gasteiger partial charge in [0.05, 0.1) is 12.2 Å². The van der Waals surface area contributed by atoms with Crippen molar-refractivity contribution in [3.05, 3.63) is 50.9 Å². The van der Waals surface area contributed by atoms with Gasteiger partial charge in [-0.25, -0.2) is 4.68 Å². The molecule has 0 amide bonds. The predicted octanol–water partition coefficient (Wildman–Crippen LogP) is 3.25. The first kappa shape index (κ1) is 15.7. The normalized spacial score (nSPS) is 11.9. The van der Waals surface area contributed by atoms with Crippen molar-refractivity contribution in [2.24, 2.45) is 0 Å². The van der Waals surface area contributed by atoms with Crippen molar-refractivity contribution in [1.29, 1.82) is 0 Å². The van der Waals surface area contributed by atoms with E-state index in [1.54, 1.807) is 4.68 Å². The van der Waals surface area contributed by atoms with Crippen molar-refractivity contribution in [1.82, 2.24) is 9.36 Å². The maximum Gasteiger partial charge on any atom is 0.290 e. The molecule has 1 heterocycles. The van der Waals surface area contributed by atoms with E-state index in [0.29, 0.717) is 23.8 Å². The molecule has 2 aromatic rings. The Morgan fingerprint density at radius 1 is 1.19 bits per heavy atom. The first-order valence-electron chi connectivity index (χ1n) is 7.10. The van der Waals surface area contributed by atoms with E-state index in [9.17, 15) is 4.79 Å². The summed E-state index contributed by atoms with van der Waals surface area (Å²) in [5, 5.41) is 0.657. The second-order valence-electron chi connectivity index (χ2n) is 6.18. The molecule has 2 N–H and O–H groups in total. The number of nitrogens with zero attached hydrogens (tertiary/aromatic N) is 2. The van der Waals surface area contributed by atoms with Gasteiger partial charge in [-0.15, -0.1) is 0 Å². The van der Waals surface area contributed by atoms with Gasteiger partial charge in [0.1, 0.15) is 5.69 Å². The molecule has 2 rings (SSSR count). The average Bonchev–Trinajstić information content (AvgIpc) is 2.65. The van der Waals surface area contributed by atoms with Crippen LogP contribution in [0.15, 0.2) is 29.1 Å². The van der Waals surface area contributed by atoms with E-state index in [2.05, 4.69) is 20.8 Å². The van der Waals surface area contributed by atoms with Gasteiger partial charge in [0.25, 0.3) is 5.56 Å². The van der Waals surface area contributed by atoms with Gasteiger partial charge >= 0.3 is 0 Å². The Labute approximate surface area is 130 Å². The van der Waals surface area contributed by atoms with Crippen LogP contribution in [0.3, 0.4) is 0 Å². The van der Waals surface area contributed by atoms with Gasteiger partial charge in [-0.3, -0.25) is 9.48 Å². The molecule has 0 unspecified atom stereocenters. The lowest BCUT2D eigenvalue weighted by Crippen LogP contribution is -2.26. The predicted molar refractivity (Wildman–Crippen MR) is 88.0 cm³/mol. The minimum atomic E-state index is -0.189. The van der Waals surface area contributed by atoms with Crippen LogP contribution in [0, 0.1) is 0 Å². The molecule has 5 heteroatoms. The van der Waals surface area contributed by atoms with Crippen molar-refractivity contribution in [3.8, 4) is 0 Å². The zero-order chi connectivity index (χ0) is 15.8. The summed E-state index contributed by atoms with van der Waals surface area (Å²) < 4.78 is 3.64. The topological polar surface area (TPSA) is 52.9 Å². The number of halogens is 1. The van der Waals surface area contributed by atoms with Crippen molar-refractivity contribution < 1.29 is 0 Å². The summed E-state index contributed by atoms with van der Waals surface area (Å²) in [5.74, 6) is 0. The van der Waals surface area contributed by atoms with Gasteiger partial charge in [-0.05, 0) is 18.6 Å².